The van der Waals surface area contributed by atoms with Gasteiger partial charge < -0.3 is 36.6 Å². The number of hydrogen-bond acceptors (Lipinski definition) is 7. The third kappa shape index (κ3) is 9.29. The zero-order valence-corrected chi connectivity index (χ0v) is 12.9. The Morgan fingerprint density at radius 2 is 1.45 bits per heavy atom. The van der Waals surface area contributed by atoms with E-state index in [2.05, 4.69) is 5.32 Å². The third-order valence-electron chi connectivity index (χ3n) is 3.44. The molecular weight excluding hydrogens is 292 g/mol. The van der Waals surface area contributed by atoms with Crippen LogP contribution in [0.5, 0.6) is 0 Å². The molecule has 0 radical (unpaired) electrons. The van der Waals surface area contributed by atoms with Gasteiger partial charge in [-0.3, -0.25) is 4.79 Å². The van der Waals surface area contributed by atoms with Crippen LogP contribution >= 0.6 is 0 Å². The van der Waals surface area contributed by atoms with Gasteiger partial charge in [0.2, 0.25) is 5.91 Å². The molecule has 0 aliphatic carbocycles. The largest absolute Gasteiger partial charge is 0.394 e. The summed E-state index contributed by atoms with van der Waals surface area (Å²) in [6, 6.07) is 0. The molecule has 8 N–H and O–H groups in total. The molecule has 0 heterocycles. The van der Waals surface area contributed by atoms with Crippen molar-refractivity contribution in [3.63, 3.8) is 0 Å². The number of hydrogen-bond donors (Lipinski definition) is 7. The molecule has 0 fully saturated rings. The van der Waals surface area contributed by atoms with Gasteiger partial charge in [0, 0.05) is 13.0 Å². The van der Waals surface area contributed by atoms with Crippen LogP contribution in [0.1, 0.15) is 38.5 Å². The highest BCUT2D eigenvalue weighted by atomic mass is 16.4. The smallest absolute Gasteiger partial charge is 0.220 e. The van der Waals surface area contributed by atoms with E-state index in [0.29, 0.717) is 13.0 Å². The van der Waals surface area contributed by atoms with E-state index in [1.165, 1.54) is 0 Å². The number of rotatable bonds is 13. The summed E-state index contributed by atoms with van der Waals surface area (Å²) in [6.07, 6.45) is -1.26. The molecule has 0 saturated carbocycles. The lowest BCUT2D eigenvalue weighted by molar-refractivity contribution is -0.126. The standard InChI is InChI=1S/C14H30N2O6/c15-7-5-3-1-2-4-6-12(20)16-8-10(18)13(21)14(22)11(19)9-17/h10-11,13-14,17-19,21-22H,1-9,15H2,(H,16,20)/t10-,11+,13+,14+/m0/s1. The van der Waals surface area contributed by atoms with Crippen LogP contribution in [0.4, 0.5) is 0 Å². The predicted molar refractivity (Wildman–Crippen MR) is 80.9 cm³/mol. The zero-order chi connectivity index (χ0) is 17.0. The second kappa shape index (κ2) is 12.7. The van der Waals surface area contributed by atoms with Gasteiger partial charge in [-0.15, -0.1) is 0 Å². The second-order valence-corrected chi connectivity index (χ2v) is 5.41. The Balaban J connectivity index is 3.80. The number of unbranched alkanes of at least 4 members (excludes halogenated alkanes) is 4. The van der Waals surface area contributed by atoms with Gasteiger partial charge in [0.15, 0.2) is 0 Å². The summed E-state index contributed by atoms with van der Waals surface area (Å²) in [6.45, 7) is -0.290. The van der Waals surface area contributed by atoms with Gasteiger partial charge in [0.25, 0.3) is 0 Å². The fraction of sp³-hybridized carbons (Fsp3) is 0.929. The molecule has 132 valence electrons. The van der Waals surface area contributed by atoms with Crippen LogP contribution in [0.15, 0.2) is 0 Å². The Kier molecular flexibility index (Phi) is 12.3. The predicted octanol–water partition coefficient (Wildman–Crippen LogP) is -2.16. The zero-order valence-electron chi connectivity index (χ0n) is 12.9. The molecule has 0 aromatic heterocycles. The van der Waals surface area contributed by atoms with Crippen LogP contribution in [0.2, 0.25) is 0 Å². The number of carbonyl (C=O) groups excluding carboxylic acids is 1. The highest BCUT2D eigenvalue weighted by Gasteiger charge is 2.29. The fourth-order valence-corrected chi connectivity index (χ4v) is 1.95. The summed E-state index contributed by atoms with van der Waals surface area (Å²) in [5.74, 6) is -0.248. The van der Waals surface area contributed by atoms with Gasteiger partial charge in [-0.2, -0.15) is 0 Å². The summed E-state index contributed by atoms with van der Waals surface area (Å²) >= 11 is 0. The molecule has 22 heavy (non-hydrogen) atoms. The number of amides is 1. The Bertz CT molecular complexity index is 293. The number of nitrogens with two attached hydrogens (primary N) is 1. The van der Waals surface area contributed by atoms with E-state index >= 15 is 0 Å². The Morgan fingerprint density at radius 1 is 0.909 bits per heavy atom. The topological polar surface area (TPSA) is 156 Å². The average Bonchev–Trinajstić information content (AvgIpc) is 2.53. The lowest BCUT2D eigenvalue weighted by atomic mass is 10.0. The molecule has 0 aromatic rings. The first-order valence-corrected chi connectivity index (χ1v) is 7.73. The first-order chi connectivity index (χ1) is 10.4. The maximum Gasteiger partial charge on any atom is 0.220 e. The molecular formula is C14H30N2O6. The number of carbonyl (C=O) groups is 1. The van der Waals surface area contributed by atoms with E-state index in [-0.39, 0.29) is 12.5 Å². The van der Waals surface area contributed by atoms with Gasteiger partial charge in [-0.25, -0.2) is 0 Å². The molecule has 0 saturated heterocycles. The van der Waals surface area contributed by atoms with Crippen LogP contribution in [0.25, 0.3) is 0 Å². The molecule has 0 rings (SSSR count). The first kappa shape index (κ1) is 21.2. The van der Waals surface area contributed by atoms with Gasteiger partial charge >= 0.3 is 0 Å². The molecule has 0 aliphatic heterocycles. The minimum absolute atomic E-state index is 0.234. The summed E-state index contributed by atoms with van der Waals surface area (Å²) in [5.41, 5.74) is 5.38. The number of nitrogens with one attached hydrogen (secondary N) is 1. The van der Waals surface area contributed by atoms with E-state index in [9.17, 15) is 20.1 Å². The van der Waals surface area contributed by atoms with Crippen molar-refractivity contribution in [2.75, 3.05) is 19.7 Å². The highest BCUT2D eigenvalue weighted by molar-refractivity contribution is 5.75. The van der Waals surface area contributed by atoms with Crippen molar-refractivity contribution < 1.29 is 30.3 Å². The van der Waals surface area contributed by atoms with E-state index in [1.807, 2.05) is 0 Å². The second-order valence-electron chi connectivity index (χ2n) is 5.41. The normalized spacial score (nSPS) is 16.8. The lowest BCUT2D eigenvalue weighted by Gasteiger charge is -2.25. The van der Waals surface area contributed by atoms with Crippen LogP contribution in [-0.2, 0) is 4.79 Å². The summed E-state index contributed by atoms with van der Waals surface area (Å²) in [7, 11) is 0. The highest BCUT2D eigenvalue weighted by Crippen LogP contribution is 2.06. The molecule has 8 heteroatoms. The number of aliphatic hydroxyl groups is 5. The van der Waals surface area contributed by atoms with Crippen LogP contribution in [0.3, 0.4) is 0 Å². The van der Waals surface area contributed by atoms with E-state index < -0.39 is 31.0 Å². The number of aliphatic hydroxyl groups excluding tert-OH is 5. The van der Waals surface area contributed by atoms with Crippen LogP contribution in [0, 0.1) is 0 Å². The monoisotopic (exact) mass is 322 g/mol. The van der Waals surface area contributed by atoms with Crippen molar-refractivity contribution >= 4 is 5.91 Å². The van der Waals surface area contributed by atoms with Gasteiger partial charge in [0.05, 0.1) is 12.7 Å². The average molecular weight is 322 g/mol. The molecule has 0 aliphatic rings. The van der Waals surface area contributed by atoms with Crippen molar-refractivity contribution in [2.45, 2.75) is 62.9 Å². The van der Waals surface area contributed by atoms with Crippen molar-refractivity contribution in [3.8, 4) is 0 Å². The van der Waals surface area contributed by atoms with Crippen LogP contribution in [-0.4, -0.2) is 75.6 Å². The Morgan fingerprint density at radius 3 is 2.05 bits per heavy atom. The summed E-state index contributed by atoms with van der Waals surface area (Å²) in [5, 5.41) is 48.9. The Labute approximate surface area is 131 Å². The minimum atomic E-state index is -1.68. The van der Waals surface area contributed by atoms with Gasteiger partial charge in [0.1, 0.15) is 18.3 Å². The van der Waals surface area contributed by atoms with Crippen LogP contribution < -0.4 is 11.1 Å². The molecule has 4 atom stereocenters. The first-order valence-electron chi connectivity index (χ1n) is 7.73. The van der Waals surface area contributed by atoms with Crippen molar-refractivity contribution in [1.82, 2.24) is 5.32 Å². The fourth-order valence-electron chi connectivity index (χ4n) is 1.95. The molecule has 0 unspecified atom stereocenters. The quantitative estimate of drug-likeness (QED) is 0.190. The molecule has 0 bridgehead atoms. The SMILES string of the molecule is NCCCCCCCC(=O)NC[C@H](O)[C@@H](O)[C@H](O)[C@H](O)CO. The van der Waals surface area contributed by atoms with Crippen molar-refractivity contribution in [1.29, 1.82) is 0 Å². The van der Waals surface area contributed by atoms with Crippen molar-refractivity contribution in [3.05, 3.63) is 0 Å². The summed E-state index contributed by atoms with van der Waals surface area (Å²) in [4.78, 5) is 11.5. The van der Waals surface area contributed by atoms with E-state index in [1.54, 1.807) is 0 Å². The molecule has 0 aromatic carbocycles. The van der Waals surface area contributed by atoms with E-state index in [0.717, 1.165) is 32.1 Å². The molecule has 0 spiro atoms. The maximum absolute atomic E-state index is 11.5. The van der Waals surface area contributed by atoms with Gasteiger partial charge in [-0.05, 0) is 19.4 Å². The van der Waals surface area contributed by atoms with Gasteiger partial charge in [-0.1, -0.05) is 19.3 Å². The molecule has 8 nitrogen and oxygen atoms in total. The third-order valence-corrected chi connectivity index (χ3v) is 3.44. The molecule has 1 amide bonds. The maximum atomic E-state index is 11.5. The lowest BCUT2D eigenvalue weighted by Crippen LogP contribution is -2.49. The minimum Gasteiger partial charge on any atom is -0.394 e. The van der Waals surface area contributed by atoms with E-state index in [4.69, 9.17) is 15.9 Å². The summed E-state index contributed by atoms with van der Waals surface area (Å²) < 4.78 is 0. The van der Waals surface area contributed by atoms with Crippen molar-refractivity contribution in [2.24, 2.45) is 5.73 Å². The Hall–Kier alpha value is -0.770.